The number of nitrogens with one attached hydrogen (secondary N) is 2. The van der Waals surface area contributed by atoms with E-state index in [1.165, 1.54) is 11.3 Å². The molecule has 0 amide bonds. The van der Waals surface area contributed by atoms with Gasteiger partial charge < -0.3 is 9.73 Å². The molecule has 0 atom stereocenters. The van der Waals surface area contributed by atoms with Crippen LogP contribution in [-0.4, -0.2) is 21.5 Å². The van der Waals surface area contributed by atoms with Gasteiger partial charge in [-0.25, -0.2) is 13.1 Å². The molecule has 0 fully saturated rings. The van der Waals surface area contributed by atoms with E-state index in [0.29, 0.717) is 24.4 Å². The van der Waals surface area contributed by atoms with E-state index in [-0.39, 0.29) is 0 Å². The summed E-state index contributed by atoms with van der Waals surface area (Å²) in [6.45, 7) is 3.70. The number of hydrogen-bond acceptors (Lipinski definition) is 5. The SMILES string of the molecule is CCNCc1sccc1S(=O)(=O)NCCc1ccco1. The van der Waals surface area contributed by atoms with Crippen LogP contribution in [0.3, 0.4) is 0 Å². The number of rotatable bonds is 8. The van der Waals surface area contributed by atoms with E-state index in [2.05, 4.69) is 10.0 Å². The summed E-state index contributed by atoms with van der Waals surface area (Å²) in [6.07, 6.45) is 2.12. The third kappa shape index (κ3) is 3.92. The maximum Gasteiger partial charge on any atom is 0.241 e. The molecule has 0 radical (unpaired) electrons. The van der Waals surface area contributed by atoms with Gasteiger partial charge in [0.05, 0.1) is 11.2 Å². The molecule has 2 rings (SSSR count). The highest BCUT2D eigenvalue weighted by Crippen LogP contribution is 2.21. The largest absolute Gasteiger partial charge is 0.469 e. The first-order chi connectivity index (χ1) is 9.63. The fraction of sp³-hybridized carbons (Fsp3) is 0.385. The van der Waals surface area contributed by atoms with Crippen LogP contribution in [0.5, 0.6) is 0 Å². The van der Waals surface area contributed by atoms with E-state index >= 15 is 0 Å². The maximum atomic E-state index is 12.2. The lowest BCUT2D eigenvalue weighted by atomic mass is 10.3. The molecule has 110 valence electrons. The van der Waals surface area contributed by atoms with Crippen LogP contribution in [0, 0.1) is 0 Å². The van der Waals surface area contributed by atoms with E-state index in [1.54, 1.807) is 23.8 Å². The van der Waals surface area contributed by atoms with Gasteiger partial charge in [0.2, 0.25) is 10.0 Å². The van der Waals surface area contributed by atoms with Gasteiger partial charge in [-0.15, -0.1) is 11.3 Å². The molecule has 5 nitrogen and oxygen atoms in total. The average molecular weight is 314 g/mol. The monoisotopic (exact) mass is 314 g/mol. The van der Waals surface area contributed by atoms with Crippen molar-refractivity contribution in [2.75, 3.05) is 13.1 Å². The minimum absolute atomic E-state index is 0.326. The molecule has 7 heteroatoms. The normalized spacial score (nSPS) is 11.8. The molecule has 0 aromatic carbocycles. The number of furan rings is 1. The van der Waals surface area contributed by atoms with Gasteiger partial charge in [-0.1, -0.05) is 6.92 Å². The van der Waals surface area contributed by atoms with Crippen molar-refractivity contribution >= 4 is 21.4 Å². The van der Waals surface area contributed by atoms with Crippen molar-refractivity contribution in [3.05, 3.63) is 40.5 Å². The fourth-order valence-electron chi connectivity index (χ4n) is 1.78. The number of hydrogen-bond donors (Lipinski definition) is 2. The molecule has 0 aliphatic rings. The maximum absolute atomic E-state index is 12.2. The van der Waals surface area contributed by atoms with Gasteiger partial charge in [0.15, 0.2) is 0 Å². The second kappa shape index (κ2) is 7.03. The molecular formula is C13H18N2O3S2. The van der Waals surface area contributed by atoms with Gasteiger partial charge in [-0.05, 0) is 30.1 Å². The molecule has 20 heavy (non-hydrogen) atoms. The van der Waals surface area contributed by atoms with E-state index in [0.717, 1.165) is 17.2 Å². The molecule has 2 aromatic heterocycles. The second-order valence-electron chi connectivity index (χ2n) is 4.22. The zero-order valence-corrected chi connectivity index (χ0v) is 12.9. The summed E-state index contributed by atoms with van der Waals surface area (Å²) in [5.74, 6) is 0.769. The minimum Gasteiger partial charge on any atom is -0.469 e. The zero-order chi connectivity index (χ0) is 14.4. The first kappa shape index (κ1) is 15.2. The quantitative estimate of drug-likeness (QED) is 0.781. The third-order valence-corrected chi connectivity index (χ3v) is 5.37. The zero-order valence-electron chi connectivity index (χ0n) is 11.3. The molecular weight excluding hydrogens is 296 g/mol. The molecule has 0 aliphatic carbocycles. The summed E-state index contributed by atoms with van der Waals surface area (Å²) in [7, 11) is -3.45. The van der Waals surface area contributed by atoms with Crippen LogP contribution in [0.25, 0.3) is 0 Å². The Hall–Kier alpha value is -1.15. The van der Waals surface area contributed by atoms with Crippen LogP contribution in [0.15, 0.2) is 39.2 Å². The molecule has 2 N–H and O–H groups in total. The molecule has 2 aromatic rings. The van der Waals surface area contributed by atoms with Crippen LogP contribution in [-0.2, 0) is 23.0 Å². The fourth-order valence-corrected chi connectivity index (χ4v) is 4.22. The Labute approximate surface area is 123 Å². The summed E-state index contributed by atoms with van der Waals surface area (Å²) < 4.78 is 32.3. The smallest absolute Gasteiger partial charge is 0.241 e. The Morgan fingerprint density at radius 3 is 2.90 bits per heavy atom. The molecule has 0 bridgehead atoms. The molecule has 2 heterocycles. The van der Waals surface area contributed by atoms with E-state index in [9.17, 15) is 8.42 Å². The summed E-state index contributed by atoms with van der Waals surface area (Å²) in [6, 6.07) is 5.26. The first-order valence-corrected chi connectivity index (χ1v) is 8.79. The van der Waals surface area contributed by atoms with Crippen LogP contribution in [0.1, 0.15) is 17.6 Å². The summed E-state index contributed by atoms with van der Waals surface area (Å²) in [4.78, 5) is 1.19. The molecule has 0 aliphatic heterocycles. The van der Waals surface area contributed by atoms with Crippen LogP contribution in [0.4, 0.5) is 0 Å². The summed E-state index contributed by atoms with van der Waals surface area (Å²) in [5, 5.41) is 4.94. The molecule has 0 unspecified atom stereocenters. The van der Waals surface area contributed by atoms with Crippen molar-refractivity contribution < 1.29 is 12.8 Å². The highest BCUT2D eigenvalue weighted by atomic mass is 32.2. The number of thiophene rings is 1. The standard InChI is InChI=1S/C13H18N2O3S2/c1-2-14-10-12-13(6-9-19-12)20(16,17)15-7-5-11-4-3-8-18-11/h3-4,6,8-9,14-15H,2,5,7,10H2,1H3. The molecule has 0 saturated carbocycles. The van der Waals surface area contributed by atoms with E-state index in [4.69, 9.17) is 4.42 Å². The minimum atomic E-state index is -3.45. The Bertz CT molecular complexity index is 618. The highest BCUT2D eigenvalue weighted by molar-refractivity contribution is 7.89. The van der Waals surface area contributed by atoms with Crippen molar-refractivity contribution in [3.8, 4) is 0 Å². The van der Waals surface area contributed by atoms with Crippen molar-refractivity contribution in [2.24, 2.45) is 0 Å². The number of sulfonamides is 1. The van der Waals surface area contributed by atoms with Crippen LogP contribution < -0.4 is 10.0 Å². The predicted molar refractivity (Wildman–Crippen MR) is 79.3 cm³/mol. The van der Waals surface area contributed by atoms with Gasteiger partial charge >= 0.3 is 0 Å². The van der Waals surface area contributed by atoms with Crippen molar-refractivity contribution in [1.82, 2.24) is 10.0 Å². The lowest BCUT2D eigenvalue weighted by molar-refractivity contribution is 0.506. The van der Waals surface area contributed by atoms with Crippen molar-refractivity contribution in [1.29, 1.82) is 0 Å². The lowest BCUT2D eigenvalue weighted by Gasteiger charge is -2.07. The van der Waals surface area contributed by atoms with Gasteiger partial charge in [0, 0.05) is 24.4 Å². The predicted octanol–water partition coefficient (Wildman–Crippen LogP) is 1.97. The van der Waals surface area contributed by atoms with Crippen LogP contribution >= 0.6 is 11.3 Å². The Balaban J connectivity index is 1.97. The van der Waals surface area contributed by atoms with Crippen molar-refractivity contribution in [3.63, 3.8) is 0 Å². The van der Waals surface area contributed by atoms with E-state index < -0.39 is 10.0 Å². The Morgan fingerprint density at radius 1 is 1.35 bits per heavy atom. The average Bonchev–Trinajstić information content (AvgIpc) is 3.07. The van der Waals surface area contributed by atoms with Crippen LogP contribution in [0.2, 0.25) is 0 Å². The van der Waals surface area contributed by atoms with Gasteiger partial charge in [-0.3, -0.25) is 0 Å². The van der Waals surface area contributed by atoms with Gasteiger partial charge in [-0.2, -0.15) is 0 Å². The van der Waals surface area contributed by atoms with Gasteiger partial charge in [0.1, 0.15) is 5.76 Å². The first-order valence-electron chi connectivity index (χ1n) is 6.42. The summed E-state index contributed by atoms with van der Waals surface area (Å²) >= 11 is 1.45. The second-order valence-corrected chi connectivity index (χ2v) is 6.95. The van der Waals surface area contributed by atoms with Crippen molar-refractivity contribution in [2.45, 2.75) is 24.8 Å². The molecule has 0 saturated heterocycles. The Kier molecular flexibility index (Phi) is 5.36. The Morgan fingerprint density at radius 2 is 2.20 bits per heavy atom. The van der Waals surface area contributed by atoms with Gasteiger partial charge in [0.25, 0.3) is 0 Å². The lowest BCUT2D eigenvalue weighted by Crippen LogP contribution is -2.27. The molecule has 0 spiro atoms. The topological polar surface area (TPSA) is 71.3 Å². The van der Waals surface area contributed by atoms with E-state index in [1.807, 2.05) is 13.0 Å². The highest BCUT2D eigenvalue weighted by Gasteiger charge is 2.19. The summed E-state index contributed by atoms with van der Waals surface area (Å²) in [5.41, 5.74) is 0. The third-order valence-electron chi connectivity index (χ3n) is 2.77.